The van der Waals surface area contributed by atoms with Gasteiger partial charge in [-0.3, -0.25) is 5.32 Å². The first-order valence-electron chi connectivity index (χ1n) is 19.7. The van der Waals surface area contributed by atoms with Crippen molar-refractivity contribution in [1.29, 1.82) is 0 Å². The van der Waals surface area contributed by atoms with Gasteiger partial charge in [-0.05, 0) is 59.9 Å². The first-order valence-corrected chi connectivity index (χ1v) is 21.3. The Labute approximate surface area is 337 Å². The van der Waals surface area contributed by atoms with Crippen LogP contribution in [0.2, 0.25) is 0 Å². The number of para-hydroxylation sites is 2. The number of hydrogen-bond donors (Lipinski definition) is 2. The second-order valence-corrected chi connectivity index (χ2v) is 17.1. The lowest BCUT2D eigenvalue weighted by Crippen LogP contribution is -2.45. The van der Waals surface area contributed by atoms with E-state index in [4.69, 9.17) is 4.99 Å². The Balaban J connectivity index is 0.984. The van der Waals surface area contributed by atoms with Crippen molar-refractivity contribution in [2.45, 2.75) is 25.2 Å². The number of aromatic nitrogens is 1. The standard InChI is InChI=1S/C51H36N4S2/c1-3-14-31(15-4-1)49-52-50(32-16-5-2-6-17-32)54-51(53-49)33-28-29-36-37-20-11-21-38(47(37)57-45(36)30-33)39-22-12-23-40-46-43(26-13-27-44(46)56-48(39)40)55-41-24-9-7-18-34(41)35-19-8-10-25-42(35)55/h1-5,7-16,18-30,49,51,53H,6,17H2,(H,52,54). The molecule has 7 aromatic carbocycles. The average molecular weight is 769 g/mol. The van der Waals surface area contributed by atoms with E-state index in [-0.39, 0.29) is 12.3 Å². The Bertz CT molecular complexity index is 3270. The third kappa shape index (κ3) is 5.25. The number of nitrogens with one attached hydrogen (secondary N) is 2. The molecule has 2 N–H and O–H groups in total. The number of nitrogens with zero attached hydrogens (tertiary/aromatic N) is 2. The molecule has 0 radical (unpaired) electrons. The van der Waals surface area contributed by atoms with Crippen molar-refractivity contribution >= 4 is 90.7 Å². The van der Waals surface area contributed by atoms with Crippen LogP contribution in [0.15, 0.2) is 180 Å². The van der Waals surface area contributed by atoms with Gasteiger partial charge in [0.2, 0.25) is 0 Å². The summed E-state index contributed by atoms with van der Waals surface area (Å²) in [4.78, 5) is 5.18. The van der Waals surface area contributed by atoms with E-state index in [9.17, 15) is 0 Å². The van der Waals surface area contributed by atoms with Gasteiger partial charge in [-0.15, -0.1) is 22.7 Å². The molecule has 10 aromatic rings. The topological polar surface area (TPSA) is 41.4 Å². The highest BCUT2D eigenvalue weighted by atomic mass is 32.1. The van der Waals surface area contributed by atoms with Crippen LogP contribution in [0.5, 0.6) is 0 Å². The van der Waals surface area contributed by atoms with Crippen LogP contribution in [0.4, 0.5) is 0 Å². The molecule has 12 rings (SSSR count). The average Bonchev–Trinajstić information content (AvgIpc) is 3.96. The zero-order valence-corrected chi connectivity index (χ0v) is 32.6. The monoisotopic (exact) mass is 768 g/mol. The summed E-state index contributed by atoms with van der Waals surface area (Å²) in [6, 6.07) is 55.7. The summed E-state index contributed by atoms with van der Waals surface area (Å²) in [6.45, 7) is 0. The van der Waals surface area contributed by atoms with Crippen molar-refractivity contribution in [2.75, 3.05) is 0 Å². The third-order valence-corrected chi connectivity index (χ3v) is 14.2. The molecular formula is C51H36N4S2. The number of hydrogen-bond acceptors (Lipinski definition) is 5. The van der Waals surface area contributed by atoms with Gasteiger partial charge in [0, 0.05) is 62.2 Å². The number of rotatable bonds is 5. The van der Waals surface area contributed by atoms with Gasteiger partial charge >= 0.3 is 0 Å². The Morgan fingerprint density at radius 2 is 1.26 bits per heavy atom. The molecule has 0 bridgehead atoms. The van der Waals surface area contributed by atoms with Crippen molar-refractivity contribution < 1.29 is 0 Å². The molecule has 57 heavy (non-hydrogen) atoms. The number of aliphatic imine (C=N–C) groups is 1. The highest BCUT2D eigenvalue weighted by Crippen LogP contribution is 2.47. The molecule has 2 unspecified atom stereocenters. The van der Waals surface area contributed by atoms with Crippen LogP contribution in [0, 0.1) is 0 Å². The van der Waals surface area contributed by atoms with Gasteiger partial charge in [0.15, 0.2) is 0 Å². The first-order chi connectivity index (χ1) is 28.3. The van der Waals surface area contributed by atoms with Crippen molar-refractivity contribution in [3.05, 3.63) is 187 Å². The fraction of sp³-hybridized carbons (Fsp3) is 0.0784. The molecule has 2 aliphatic rings. The van der Waals surface area contributed by atoms with Crippen LogP contribution < -0.4 is 10.6 Å². The molecule has 1 aliphatic heterocycles. The molecule has 0 saturated carbocycles. The highest BCUT2D eigenvalue weighted by molar-refractivity contribution is 7.27. The highest BCUT2D eigenvalue weighted by Gasteiger charge is 2.27. The zero-order valence-electron chi connectivity index (χ0n) is 30.9. The van der Waals surface area contributed by atoms with E-state index >= 15 is 0 Å². The van der Waals surface area contributed by atoms with Crippen LogP contribution in [0.3, 0.4) is 0 Å². The maximum atomic E-state index is 5.18. The lowest BCUT2D eigenvalue weighted by atomic mass is 9.99. The summed E-state index contributed by atoms with van der Waals surface area (Å²) in [5.41, 5.74) is 9.90. The SMILES string of the molecule is C1=CCCC(C2=NC(c3ccccc3)NC(c3ccc4c(c3)sc3c(-c5cccc6c5sc5cccc(-n7c8ccccc8c8ccccc87)c56)cccc34)N2)=C1. The van der Waals surface area contributed by atoms with E-state index in [0.717, 1.165) is 18.7 Å². The molecular weight excluding hydrogens is 733 g/mol. The van der Waals surface area contributed by atoms with Gasteiger partial charge in [-0.1, -0.05) is 140 Å². The molecule has 4 nitrogen and oxygen atoms in total. The third-order valence-electron chi connectivity index (χ3n) is 11.8. The zero-order chi connectivity index (χ0) is 37.5. The minimum absolute atomic E-state index is 0.0837. The summed E-state index contributed by atoms with van der Waals surface area (Å²) in [6.07, 6.45) is 8.39. The molecule has 2 atom stereocenters. The van der Waals surface area contributed by atoms with Gasteiger partial charge in [0.1, 0.15) is 18.2 Å². The van der Waals surface area contributed by atoms with Crippen molar-refractivity contribution in [3.8, 4) is 16.8 Å². The van der Waals surface area contributed by atoms with Crippen LogP contribution in [-0.4, -0.2) is 10.4 Å². The molecule has 0 saturated heterocycles. The summed E-state index contributed by atoms with van der Waals surface area (Å²) < 4.78 is 7.70. The minimum Gasteiger partial charge on any atom is -0.351 e. The predicted molar refractivity (Wildman–Crippen MR) is 244 cm³/mol. The van der Waals surface area contributed by atoms with E-state index in [2.05, 4.69) is 185 Å². The quantitative estimate of drug-likeness (QED) is 0.183. The summed E-state index contributed by atoms with van der Waals surface area (Å²) in [5.74, 6) is 0.980. The van der Waals surface area contributed by atoms with Crippen molar-refractivity contribution in [2.24, 2.45) is 4.99 Å². The van der Waals surface area contributed by atoms with Crippen LogP contribution in [-0.2, 0) is 0 Å². The number of thiophene rings is 2. The van der Waals surface area contributed by atoms with Gasteiger partial charge in [-0.2, -0.15) is 0 Å². The first kappa shape index (κ1) is 32.9. The number of fused-ring (bicyclic) bond motifs is 9. The van der Waals surface area contributed by atoms with E-state index in [0.29, 0.717) is 0 Å². The maximum absolute atomic E-state index is 5.18. The summed E-state index contributed by atoms with van der Waals surface area (Å²) >= 11 is 3.81. The fourth-order valence-corrected chi connectivity index (χ4v) is 11.6. The molecule has 0 fully saturated rings. The molecule has 0 amide bonds. The van der Waals surface area contributed by atoms with Crippen LogP contribution >= 0.6 is 22.7 Å². The number of amidine groups is 1. The number of benzene rings is 7. The minimum atomic E-state index is -0.138. The smallest absolute Gasteiger partial charge is 0.129 e. The molecule has 0 spiro atoms. The van der Waals surface area contributed by atoms with Gasteiger partial charge < -0.3 is 9.88 Å². The van der Waals surface area contributed by atoms with Crippen molar-refractivity contribution in [3.63, 3.8) is 0 Å². The van der Waals surface area contributed by atoms with Crippen LogP contribution in [0.1, 0.15) is 36.3 Å². The van der Waals surface area contributed by atoms with Gasteiger partial charge in [-0.25, -0.2) is 4.99 Å². The van der Waals surface area contributed by atoms with Crippen molar-refractivity contribution in [1.82, 2.24) is 15.2 Å². The number of allylic oxidation sites excluding steroid dienone is 3. The van der Waals surface area contributed by atoms with E-state index in [1.165, 1.54) is 95.7 Å². The Morgan fingerprint density at radius 1 is 0.579 bits per heavy atom. The molecule has 272 valence electrons. The summed E-state index contributed by atoms with van der Waals surface area (Å²) in [5, 5.41) is 15.4. The molecule has 6 heteroatoms. The largest absolute Gasteiger partial charge is 0.351 e. The van der Waals surface area contributed by atoms with Gasteiger partial charge in [0.25, 0.3) is 0 Å². The molecule has 1 aliphatic carbocycles. The normalized spacial score (nSPS) is 17.2. The lowest BCUT2D eigenvalue weighted by molar-refractivity contribution is 0.408. The van der Waals surface area contributed by atoms with E-state index < -0.39 is 0 Å². The second-order valence-electron chi connectivity index (χ2n) is 15.0. The Hall–Kier alpha value is -6.31. The fourth-order valence-electron chi connectivity index (χ4n) is 9.12. The summed E-state index contributed by atoms with van der Waals surface area (Å²) in [7, 11) is 0. The maximum Gasteiger partial charge on any atom is 0.129 e. The van der Waals surface area contributed by atoms with Crippen LogP contribution in [0.25, 0.3) is 79.0 Å². The molecule has 4 heterocycles. The lowest BCUT2D eigenvalue weighted by Gasteiger charge is -2.33. The Morgan fingerprint density at radius 3 is 2.04 bits per heavy atom. The second kappa shape index (κ2) is 13.1. The molecule has 3 aromatic heterocycles. The Kier molecular flexibility index (Phi) is 7.58. The van der Waals surface area contributed by atoms with Gasteiger partial charge in [0.05, 0.1) is 16.7 Å². The van der Waals surface area contributed by atoms with E-state index in [1.54, 1.807) is 0 Å². The predicted octanol–water partition coefficient (Wildman–Crippen LogP) is 13.8. The van der Waals surface area contributed by atoms with E-state index in [1.807, 2.05) is 22.7 Å².